The predicted octanol–water partition coefficient (Wildman–Crippen LogP) is 5.04. The smallest absolute Gasteiger partial charge is 0.403 e. The van der Waals surface area contributed by atoms with Gasteiger partial charge in [-0.2, -0.15) is 0 Å². The minimum atomic E-state index is -5.05. The number of aromatic amines is 1. The van der Waals surface area contributed by atoms with E-state index in [1.807, 2.05) is 0 Å². The first-order valence-corrected chi connectivity index (χ1v) is 10.9. The van der Waals surface area contributed by atoms with Gasteiger partial charge in [-0.1, -0.05) is 17.7 Å². The van der Waals surface area contributed by atoms with Crippen LogP contribution in [0.15, 0.2) is 41.6 Å². The van der Waals surface area contributed by atoms with Crippen LogP contribution in [0, 0.1) is 17.5 Å². The summed E-state index contributed by atoms with van der Waals surface area (Å²) in [6.07, 6.45) is -2.48. The first kappa shape index (κ1) is 22.8. The molecule has 3 N–H and O–H groups in total. The lowest BCUT2D eigenvalue weighted by atomic mass is 10.1. The third-order valence-electron chi connectivity index (χ3n) is 4.04. The molecule has 31 heavy (non-hydrogen) atoms. The highest BCUT2D eigenvalue weighted by molar-refractivity contribution is 7.91. The second-order valence-electron chi connectivity index (χ2n) is 6.57. The minimum absolute atomic E-state index is 0.0101. The van der Waals surface area contributed by atoms with Crippen molar-refractivity contribution in [2.75, 3.05) is 11.6 Å². The van der Waals surface area contributed by atoms with Gasteiger partial charge < -0.3 is 15.0 Å². The van der Waals surface area contributed by atoms with Crippen LogP contribution in [0.25, 0.3) is 0 Å². The van der Waals surface area contributed by atoms with Gasteiger partial charge in [0.2, 0.25) is 0 Å². The number of rotatable bonds is 6. The zero-order valence-corrected chi connectivity index (χ0v) is 17.6. The van der Waals surface area contributed by atoms with Gasteiger partial charge in [0.05, 0.1) is 14.8 Å². The van der Waals surface area contributed by atoms with Crippen molar-refractivity contribution in [2.24, 2.45) is 0 Å². The Balaban J connectivity index is 2.06. The van der Waals surface area contributed by atoms with Crippen LogP contribution in [-0.2, 0) is 9.73 Å². The Kier molecular flexibility index (Phi) is 6.14. The molecular weight excluding hydrogens is 462 g/mol. The van der Waals surface area contributed by atoms with Gasteiger partial charge in [0.25, 0.3) is 0 Å². The van der Waals surface area contributed by atoms with Crippen LogP contribution in [0.1, 0.15) is 23.1 Å². The normalized spacial score (nSPS) is 14.7. The Bertz CT molecular complexity index is 1200. The fourth-order valence-electron chi connectivity index (χ4n) is 2.81. The van der Waals surface area contributed by atoms with E-state index in [4.69, 9.17) is 16.4 Å². The minimum Gasteiger partial charge on any atom is -0.403 e. The Morgan fingerprint density at radius 2 is 2.00 bits per heavy atom. The molecule has 2 heterocycles. The molecule has 3 rings (SSSR count). The Morgan fingerprint density at radius 1 is 1.29 bits per heavy atom. The number of ether oxygens (including phenoxy) is 1. The highest BCUT2D eigenvalue weighted by Gasteiger charge is 2.33. The van der Waals surface area contributed by atoms with Gasteiger partial charge in [0.15, 0.2) is 16.6 Å². The van der Waals surface area contributed by atoms with Crippen LogP contribution in [0.3, 0.4) is 0 Å². The van der Waals surface area contributed by atoms with E-state index in [1.54, 1.807) is 13.0 Å². The molecule has 2 aromatic heterocycles. The predicted molar refractivity (Wildman–Crippen MR) is 106 cm³/mol. The lowest BCUT2D eigenvalue weighted by Gasteiger charge is -2.19. The maximum atomic E-state index is 14.3. The van der Waals surface area contributed by atoms with Gasteiger partial charge in [-0.15, -0.1) is 13.2 Å². The van der Waals surface area contributed by atoms with E-state index in [0.29, 0.717) is 16.5 Å². The molecular formula is C18H16ClF4N5O2S. The lowest BCUT2D eigenvalue weighted by molar-refractivity contribution is -0.275. The van der Waals surface area contributed by atoms with Crippen molar-refractivity contribution in [3.05, 3.63) is 64.5 Å². The first-order chi connectivity index (χ1) is 14.3. The number of aryl methyl sites for hydroxylation is 1. The van der Waals surface area contributed by atoms with E-state index in [0.717, 1.165) is 12.1 Å². The second-order valence-corrected chi connectivity index (χ2v) is 9.08. The van der Waals surface area contributed by atoms with Crippen LogP contribution in [-0.4, -0.2) is 31.8 Å². The van der Waals surface area contributed by atoms with Crippen LogP contribution < -0.4 is 10.1 Å². The molecule has 0 amide bonds. The fourth-order valence-corrected chi connectivity index (χ4v) is 3.83. The van der Waals surface area contributed by atoms with Crippen molar-refractivity contribution in [3.8, 4) is 5.75 Å². The molecule has 0 saturated heterocycles. The highest BCUT2D eigenvalue weighted by Crippen LogP contribution is 2.31. The molecule has 3 aromatic rings. The number of H-pyrrole nitrogens is 1. The molecule has 0 spiro atoms. The molecule has 1 unspecified atom stereocenters. The maximum Gasteiger partial charge on any atom is 0.573 e. The summed E-state index contributed by atoms with van der Waals surface area (Å²) >= 11 is 5.83. The van der Waals surface area contributed by atoms with Gasteiger partial charge >= 0.3 is 6.36 Å². The molecule has 13 heteroatoms. The van der Waals surface area contributed by atoms with Crippen molar-refractivity contribution in [2.45, 2.75) is 24.4 Å². The number of benzene rings is 1. The number of halogens is 5. The lowest BCUT2D eigenvalue weighted by Crippen LogP contribution is -2.19. The highest BCUT2D eigenvalue weighted by atomic mass is 35.5. The number of pyridine rings is 1. The van der Waals surface area contributed by atoms with E-state index < -0.39 is 33.7 Å². The largest absolute Gasteiger partial charge is 0.573 e. The molecule has 0 fully saturated rings. The third-order valence-corrected chi connectivity index (χ3v) is 5.39. The van der Waals surface area contributed by atoms with Gasteiger partial charge in [0.1, 0.15) is 17.7 Å². The monoisotopic (exact) mass is 477 g/mol. The Labute approximate surface area is 179 Å². The summed E-state index contributed by atoms with van der Waals surface area (Å²) in [5, 5.41) is 3.36. The third kappa shape index (κ3) is 5.64. The van der Waals surface area contributed by atoms with Gasteiger partial charge in [-0.3, -0.25) is 0 Å². The number of aromatic nitrogens is 3. The molecule has 0 bridgehead atoms. The first-order valence-electron chi connectivity index (χ1n) is 8.57. The van der Waals surface area contributed by atoms with E-state index in [2.05, 4.69) is 25.0 Å². The van der Waals surface area contributed by atoms with Crippen molar-refractivity contribution < 1.29 is 26.5 Å². The zero-order valence-electron chi connectivity index (χ0n) is 16.1. The van der Waals surface area contributed by atoms with Gasteiger partial charge in [0, 0.05) is 18.1 Å². The quantitative estimate of drug-likeness (QED) is 0.431. The summed E-state index contributed by atoms with van der Waals surface area (Å²) in [7, 11) is -3.16. The number of nitrogens with zero attached hydrogens (tertiary/aromatic N) is 2. The average Bonchev–Trinajstić information content (AvgIpc) is 3.04. The van der Waals surface area contributed by atoms with Gasteiger partial charge in [-0.05, 0) is 36.8 Å². The number of hydrogen-bond acceptors (Lipinski definition) is 6. The standard InChI is InChI=1S/C18H16ClF4N5O2S/c1-9-17(31(2,24)29)28-16(26-9)15(27-14-6-4-11(19)8-25-14)10-3-5-13(12(20)7-10)30-18(21,22)23/h3-8,15,24H,1-2H3,(H,25,27)(H,26,28)/t15-,31?/m1/s1. The van der Waals surface area contributed by atoms with E-state index in [-0.39, 0.29) is 16.4 Å². The number of nitrogens with one attached hydrogen (secondary N) is 3. The summed E-state index contributed by atoms with van der Waals surface area (Å²) < 4.78 is 75.3. The van der Waals surface area contributed by atoms with Crippen LogP contribution in [0.5, 0.6) is 5.75 Å². The molecule has 7 nitrogen and oxygen atoms in total. The molecule has 1 aromatic carbocycles. The van der Waals surface area contributed by atoms with Crippen molar-refractivity contribution >= 4 is 27.1 Å². The average molecular weight is 478 g/mol. The van der Waals surface area contributed by atoms with Crippen molar-refractivity contribution in [3.63, 3.8) is 0 Å². The van der Waals surface area contributed by atoms with E-state index in [1.165, 1.54) is 24.6 Å². The molecule has 0 aliphatic heterocycles. The summed E-state index contributed by atoms with van der Waals surface area (Å²) in [6.45, 7) is 1.57. The number of hydrogen-bond donors (Lipinski definition) is 3. The summed E-state index contributed by atoms with van der Waals surface area (Å²) in [5.41, 5.74) is 0.544. The zero-order chi connectivity index (χ0) is 23.0. The molecule has 0 radical (unpaired) electrons. The summed E-state index contributed by atoms with van der Waals surface area (Å²) in [4.78, 5) is 11.2. The summed E-state index contributed by atoms with van der Waals surface area (Å²) in [6, 6.07) is 5.08. The van der Waals surface area contributed by atoms with Crippen LogP contribution in [0.4, 0.5) is 23.4 Å². The molecule has 2 atom stereocenters. The van der Waals surface area contributed by atoms with Crippen molar-refractivity contribution in [1.29, 1.82) is 4.78 Å². The van der Waals surface area contributed by atoms with Gasteiger partial charge in [-0.25, -0.2) is 23.3 Å². The molecule has 166 valence electrons. The maximum absolute atomic E-state index is 14.3. The number of imidazole rings is 1. The molecule has 0 aliphatic rings. The van der Waals surface area contributed by atoms with E-state index >= 15 is 0 Å². The summed E-state index contributed by atoms with van der Waals surface area (Å²) in [5.74, 6) is -1.76. The topological polar surface area (TPSA) is 104 Å². The van der Waals surface area contributed by atoms with Crippen molar-refractivity contribution in [1.82, 2.24) is 15.0 Å². The molecule has 0 aliphatic carbocycles. The van der Waals surface area contributed by atoms with Crippen LogP contribution in [0.2, 0.25) is 5.02 Å². The number of anilines is 1. The Hall–Kier alpha value is -2.86. The van der Waals surface area contributed by atoms with Crippen LogP contribution >= 0.6 is 11.6 Å². The fraction of sp³-hybridized carbons (Fsp3) is 0.222. The number of alkyl halides is 3. The Morgan fingerprint density at radius 3 is 2.52 bits per heavy atom. The SMILES string of the molecule is Cc1[nH]c([C@H](Nc2ccc(Cl)cn2)c2ccc(OC(F)(F)F)c(F)c2)nc1S(C)(=N)=O. The molecule has 0 saturated carbocycles. The second kappa shape index (κ2) is 8.35. The van der Waals surface area contributed by atoms with E-state index in [9.17, 15) is 21.8 Å².